The van der Waals surface area contributed by atoms with E-state index in [1.807, 2.05) is 24.3 Å². The van der Waals surface area contributed by atoms with E-state index in [0.29, 0.717) is 5.02 Å². The van der Waals surface area contributed by atoms with Crippen molar-refractivity contribution in [3.63, 3.8) is 0 Å². The van der Waals surface area contributed by atoms with Crippen LogP contribution in [-0.2, 0) is 14.8 Å². The average Bonchev–Trinajstić information content (AvgIpc) is 3.00. The molecule has 0 bridgehead atoms. The molecule has 1 fully saturated rings. The van der Waals surface area contributed by atoms with Gasteiger partial charge in [0.2, 0.25) is 15.9 Å². The van der Waals surface area contributed by atoms with Crippen LogP contribution in [0.5, 0.6) is 5.75 Å². The summed E-state index contributed by atoms with van der Waals surface area (Å²) >= 11 is 6.24. The first-order valence-electron chi connectivity index (χ1n) is 10.6. The molecule has 0 aliphatic carbocycles. The van der Waals surface area contributed by atoms with E-state index in [9.17, 15) is 13.2 Å². The molecule has 1 atom stereocenters. The number of amides is 1. The Kier molecular flexibility index (Phi) is 8.16. The van der Waals surface area contributed by atoms with Crippen LogP contribution in [0.2, 0.25) is 5.02 Å². The van der Waals surface area contributed by atoms with Gasteiger partial charge >= 0.3 is 0 Å². The monoisotopic (exact) mass is 479 g/mol. The van der Waals surface area contributed by atoms with Gasteiger partial charge in [-0.2, -0.15) is 0 Å². The number of carbonyl (C=O) groups is 1. The summed E-state index contributed by atoms with van der Waals surface area (Å²) in [6.45, 7) is 1.00. The van der Waals surface area contributed by atoms with Gasteiger partial charge in [0.1, 0.15) is 5.75 Å². The number of carbonyl (C=O) groups excluding carboxylic acids is 1. The van der Waals surface area contributed by atoms with Gasteiger partial charge < -0.3 is 10.1 Å². The fraction of sp³-hybridized carbons (Fsp3) is 0.435. The molecule has 0 spiro atoms. The Labute approximate surface area is 195 Å². The standard InChI is InChI=1S/C23H30ClN3O4S/c1-26(2)32(29,30)19-12-13-20(24)21(15-19)25-23(28)16-27-14-6-4-5-7-22(27)17-8-10-18(31-3)11-9-17/h8-13,15,22H,4-7,14,16H2,1-3H3,(H,25,28)/t22-/m0/s1. The summed E-state index contributed by atoms with van der Waals surface area (Å²) in [5.41, 5.74) is 1.44. The molecule has 174 valence electrons. The molecule has 1 amide bonds. The smallest absolute Gasteiger partial charge is 0.242 e. The Balaban J connectivity index is 1.77. The molecule has 2 aromatic carbocycles. The van der Waals surface area contributed by atoms with Crippen molar-refractivity contribution in [2.45, 2.75) is 36.6 Å². The summed E-state index contributed by atoms with van der Waals surface area (Å²) in [6, 6.07) is 12.4. The molecular formula is C23H30ClN3O4S. The lowest BCUT2D eigenvalue weighted by Crippen LogP contribution is -2.36. The SMILES string of the molecule is COc1ccc([C@@H]2CCCCCN2CC(=O)Nc2cc(S(=O)(=O)N(C)C)ccc2Cl)cc1. The van der Waals surface area contributed by atoms with E-state index in [1.54, 1.807) is 7.11 Å². The van der Waals surface area contributed by atoms with Crippen LogP contribution in [0.15, 0.2) is 47.4 Å². The van der Waals surface area contributed by atoms with Crippen molar-refractivity contribution >= 4 is 33.2 Å². The minimum Gasteiger partial charge on any atom is -0.497 e. The number of sulfonamides is 1. The highest BCUT2D eigenvalue weighted by molar-refractivity contribution is 7.89. The van der Waals surface area contributed by atoms with E-state index in [-0.39, 0.29) is 29.1 Å². The third kappa shape index (κ3) is 5.81. The molecule has 9 heteroatoms. The number of nitrogens with zero attached hydrogens (tertiary/aromatic N) is 2. The third-order valence-electron chi connectivity index (χ3n) is 5.70. The number of hydrogen-bond acceptors (Lipinski definition) is 5. The largest absolute Gasteiger partial charge is 0.497 e. The molecule has 1 saturated heterocycles. The van der Waals surface area contributed by atoms with Gasteiger partial charge in [0.15, 0.2) is 0 Å². The maximum Gasteiger partial charge on any atom is 0.242 e. The zero-order valence-electron chi connectivity index (χ0n) is 18.7. The highest BCUT2D eigenvalue weighted by atomic mass is 35.5. The molecule has 0 radical (unpaired) electrons. The van der Waals surface area contributed by atoms with Gasteiger partial charge in [-0.3, -0.25) is 9.69 Å². The van der Waals surface area contributed by atoms with Gasteiger partial charge in [-0.15, -0.1) is 0 Å². The molecule has 2 aromatic rings. The van der Waals surface area contributed by atoms with Crippen LogP contribution in [0.4, 0.5) is 5.69 Å². The Morgan fingerprint density at radius 3 is 2.53 bits per heavy atom. The van der Waals surface area contributed by atoms with Gasteiger partial charge in [0.05, 0.1) is 29.3 Å². The van der Waals surface area contributed by atoms with Gasteiger partial charge in [0.25, 0.3) is 0 Å². The van der Waals surface area contributed by atoms with Crippen molar-refractivity contribution < 1.29 is 17.9 Å². The molecule has 0 saturated carbocycles. The topological polar surface area (TPSA) is 79.0 Å². The highest BCUT2D eigenvalue weighted by Gasteiger charge is 2.25. The number of methoxy groups -OCH3 is 1. The summed E-state index contributed by atoms with van der Waals surface area (Å²) < 4.78 is 31.3. The quantitative estimate of drug-likeness (QED) is 0.645. The molecule has 1 aliphatic rings. The first kappa shape index (κ1) is 24.5. The molecule has 3 rings (SSSR count). The predicted octanol–water partition coefficient (Wildman–Crippen LogP) is 4.15. The fourth-order valence-electron chi connectivity index (χ4n) is 3.91. The van der Waals surface area contributed by atoms with Crippen LogP contribution in [0.1, 0.15) is 37.3 Å². The van der Waals surface area contributed by atoms with Crippen LogP contribution in [0.3, 0.4) is 0 Å². The molecule has 1 heterocycles. The second-order valence-electron chi connectivity index (χ2n) is 8.09. The number of halogens is 1. The minimum atomic E-state index is -3.63. The number of rotatable bonds is 7. The van der Waals surface area contributed by atoms with Gasteiger partial charge in [0, 0.05) is 20.1 Å². The van der Waals surface area contributed by atoms with E-state index in [4.69, 9.17) is 16.3 Å². The second kappa shape index (κ2) is 10.7. The second-order valence-corrected chi connectivity index (χ2v) is 10.6. The number of benzene rings is 2. The maximum atomic E-state index is 12.9. The number of hydrogen-bond donors (Lipinski definition) is 1. The van der Waals surface area contributed by atoms with E-state index in [0.717, 1.165) is 47.8 Å². The van der Waals surface area contributed by atoms with E-state index < -0.39 is 10.0 Å². The number of likely N-dealkylation sites (tertiary alicyclic amines) is 1. The van der Waals surface area contributed by atoms with Crippen molar-refractivity contribution in [3.8, 4) is 5.75 Å². The zero-order chi connectivity index (χ0) is 23.3. The van der Waals surface area contributed by atoms with E-state index >= 15 is 0 Å². The van der Waals surface area contributed by atoms with Crippen molar-refractivity contribution in [2.75, 3.05) is 39.6 Å². The Hall–Kier alpha value is -2.13. The van der Waals surface area contributed by atoms with Crippen molar-refractivity contribution in [3.05, 3.63) is 53.1 Å². The number of nitrogens with one attached hydrogen (secondary N) is 1. The van der Waals surface area contributed by atoms with Crippen LogP contribution in [-0.4, -0.2) is 57.8 Å². The molecule has 32 heavy (non-hydrogen) atoms. The summed E-state index contributed by atoms with van der Waals surface area (Å²) in [5, 5.41) is 3.09. The average molecular weight is 480 g/mol. The van der Waals surface area contributed by atoms with E-state index in [2.05, 4.69) is 10.2 Å². The lowest BCUT2D eigenvalue weighted by molar-refractivity contribution is -0.117. The summed E-state index contributed by atoms with van der Waals surface area (Å²) in [5.74, 6) is 0.570. The lowest BCUT2D eigenvalue weighted by Gasteiger charge is -2.30. The minimum absolute atomic E-state index is 0.0769. The summed E-state index contributed by atoms with van der Waals surface area (Å²) in [4.78, 5) is 15.2. The molecule has 1 aliphatic heterocycles. The normalized spacial score (nSPS) is 17.7. The van der Waals surface area contributed by atoms with E-state index in [1.165, 1.54) is 32.3 Å². The molecular weight excluding hydrogens is 450 g/mol. The zero-order valence-corrected chi connectivity index (χ0v) is 20.2. The highest BCUT2D eigenvalue weighted by Crippen LogP contribution is 2.31. The van der Waals surface area contributed by atoms with Crippen molar-refractivity contribution in [1.29, 1.82) is 0 Å². The van der Waals surface area contributed by atoms with Crippen LogP contribution in [0.25, 0.3) is 0 Å². The fourth-order valence-corrected chi connectivity index (χ4v) is 5.00. The number of anilines is 1. The summed E-state index contributed by atoms with van der Waals surface area (Å²) in [7, 11) is 0.927. The molecule has 0 unspecified atom stereocenters. The van der Waals surface area contributed by atoms with Gasteiger partial charge in [-0.05, 0) is 55.3 Å². The third-order valence-corrected chi connectivity index (χ3v) is 7.84. The van der Waals surface area contributed by atoms with Crippen molar-refractivity contribution in [1.82, 2.24) is 9.21 Å². The first-order valence-corrected chi connectivity index (χ1v) is 12.4. The Bertz CT molecular complexity index is 1040. The van der Waals surface area contributed by atoms with Crippen LogP contribution >= 0.6 is 11.6 Å². The predicted molar refractivity (Wildman–Crippen MR) is 127 cm³/mol. The van der Waals surface area contributed by atoms with Crippen LogP contribution in [0, 0.1) is 0 Å². The van der Waals surface area contributed by atoms with Crippen LogP contribution < -0.4 is 10.1 Å². The van der Waals surface area contributed by atoms with Crippen molar-refractivity contribution in [2.24, 2.45) is 0 Å². The number of ether oxygens (including phenoxy) is 1. The first-order chi connectivity index (χ1) is 15.2. The maximum absolute atomic E-state index is 12.9. The molecule has 0 aromatic heterocycles. The summed E-state index contributed by atoms with van der Waals surface area (Å²) in [6.07, 6.45) is 4.22. The van der Waals surface area contributed by atoms with Gasteiger partial charge in [-0.25, -0.2) is 12.7 Å². The molecule has 1 N–H and O–H groups in total. The molecule has 7 nitrogen and oxygen atoms in total. The van der Waals surface area contributed by atoms with Gasteiger partial charge in [-0.1, -0.05) is 36.6 Å². The lowest BCUT2D eigenvalue weighted by atomic mass is 10.0. The Morgan fingerprint density at radius 2 is 1.88 bits per heavy atom. The Morgan fingerprint density at radius 1 is 1.16 bits per heavy atom.